The van der Waals surface area contributed by atoms with E-state index < -0.39 is 0 Å². The Morgan fingerprint density at radius 3 is 2.47 bits per heavy atom. The quantitative estimate of drug-likeness (QED) is 0.790. The van der Waals surface area contributed by atoms with Gasteiger partial charge < -0.3 is 0 Å². The van der Waals surface area contributed by atoms with Crippen molar-refractivity contribution < 1.29 is 0 Å². The molecule has 0 unspecified atom stereocenters. The van der Waals surface area contributed by atoms with Gasteiger partial charge in [-0.05, 0) is 26.0 Å². The van der Waals surface area contributed by atoms with Crippen molar-refractivity contribution in [3.8, 4) is 0 Å². The van der Waals surface area contributed by atoms with Crippen molar-refractivity contribution in [3.63, 3.8) is 0 Å². The van der Waals surface area contributed by atoms with Crippen molar-refractivity contribution in [2.75, 3.05) is 7.05 Å². The van der Waals surface area contributed by atoms with E-state index in [4.69, 9.17) is 0 Å². The van der Waals surface area contributed by atoms with E-state index in [-0.39, 0.29) is 4.87 Å². The van der Waals surface area contributed by atoms with Crippen molar-refractivity contribution in [3.05, 3.63) is 30.3 Å². The second-order valence-corrected chi connectivity index (χ2v) is 5.56. The molecule has 1 aliphatic heterocycles. The van der Waals surface area contributed by atoms with Gasteiger partial charge in [0.25, 0.3) is 0 Å². The molecule has 4 heteroatoms. The minimum atomic E-state index is 0.0631. The van der Waals surface area contributed by atoms with E-state index >= 15 is 0 Å². The molecule has 1 N–H and O–H groups in total. The predicted molar refractivity (Wildman–Crippen MR) is 66.1 cm³/mol. The first-order chi connectivity index (χ1) is 7.08. The lowest BCUT2D eigenvalue weighted by atomic mass is 10.3. The molecule has 3 nitrogen and oxygen atoms in total. The fourth-order valence-electron chi connectivity index (χ4n) is 1.27. The zero-order valence-corrected chi connectivity index (χ0v) is 10.0. The van der Waals surface area contributed by atoms with E-state index in [9.17, 15) is 0 Å². The van der Waals surface area contributed by atoms with Gasteiger partial charge in [-0.25, -0.2) is 10.0 Å². The third-order valence-electron chi connectivity index (χ3n) is 2.40. The molecule has 1 aromatic carbocycles. The number of thioether (sulfide) groups is 1. The van der Waals surface area contributed by atoms with Gasteiger partial charge in [0.15, 0.2) is 5.17 Å². The number of nitrogens with one attached hydrogen (secondary N) is 1. The number of benzene rings is 1. The fourth-order valence-corrected chi connectivity index (χ4v) is 2.26. The van der Waals surface area contributed by atoms with Crippen molar-refractivity contribution in [2.24, 2.45) is 4.99 Å². The molecule has 15 heavy (non-hydrogen) atoms. The van der Waals surface area contributed by atoms with Crippen LogP contribution in [0.5, 0.6) is 0 Å². The lowest BCUT2D eigenvalue weighted by Crippen LogP contribution is -2.39. The van der Waals surface area contributed by atoms with E-state index in [1.54, 1.807) is 11.8 Å². The summed E-state index contributed by atoms with van der Waals surface area (Å²) in [6.07, 6.45) is 0. The maximum Gasteiger partial charge on any atom is 0.178 e. The number of amidine groups is 1. The fraction of sp³-hybridized carbons (Fsp3) is 0.364. The highest BCUT2D eigenvalue weighted by Crippen LogP contribution is 2.33. The average molecular weight is 221 g/mol. The van der Waals surface area contributed by atoms with Crippen LogP contribution in [0, 0.1) is 0 Å². The average Bonchev–Trinajstić information content (AvgIpc) is 2.42. The van der Waals surface area contributed by atoms with Crippen LogP contribution in [0.3, 0.4) is 0 Å². The SMILES string of the molecule is CN1NC(=Nc2ccccc2)SC1(C)C. The number of para-hydroxylation sites is 1. The molecule has 0 radical (unpaired) electrons. The first-order valence-electron chi connectivity index (χ1n) is 4.91. The largest absolute Gasteiger partial charge is 0.296 e. The number of aliphatic imine (C=N–C) groups is 1. The molecule has 0 spiro atoms. The molecule has 1 aromatic rings. The molecule has 0 aromatic heterocycles. The first kappa shape index (κ1) is 10.5. The number of rotatable bonds is 1. The van der Waals surface area contributed by atoms with Crippen LogP contribution in [0.1, 0.15) is 13.8 Å². The van der Waals surface area contributed by atoms with Crippen LogP contribution in [0.4, 0.5) is 5.69 Å². The highest BCUT2D eigenvalue weighted by atomic mass is 32.2. The number of hydrogen-bond acceptors (Lipinski definition) is 3. The Bertz CT molecular complexity index is 373. The van der Waals surface area contributed by atoms with Crippen LogP contribution in [0.25, 0.3) is 0 Å². The molecule has 1 fully saturated rings. The summed E-state index contributed by atoms with van der Waals surface area (Å²) in [5.41, 5.74) is 4.22. The van der Waals surface area contributed by atoms with Crippen molar-refractivity contribution in [1.29, 1.82) is 0 Å². The Balaban J connectivity index is 2.18. The van der Waals surface area contributed by atoms with Gasteiger partial charge in [-0.3, -0.25) is 5.43 Å². The monoisotopic (exact) mass is 221 g/mol. The molecule has 0 atom stereocenters. The second-order valence-electron chi connectivity index (χ2n) is 3.97. The van der Waals surface area contributed by atoms with Crippen LogP contribution in [0.15, 0.2) is 35.3 Å². The highest BCUT2D eigenvalue weighted by Gasteiger charge is 2.34. The molecular formula is C11H15N3S. The van der Waals surface area contributed by atoms with Crippen LogP contribution in [0.2, 0.25) is 0 Å². The van der Waals surface area contributed by atoms with E-state index in [1.165, 1.54) is 0 Å². The zero-order valence-electron chi connectivity index (χ0n) is 9.19. The Kier molecular flexibility index (Phi) is 2.71. The van der Waals surface area contributed by atoms with Crippen LogP contribution >= 0.6 is 11.8 Å². The molecule has 1 saturated heterocycles. The molecular weight excluding hydrogens is 206 g/mol. The first-order valence-corrected chi connectivity index (χ1v) is 5.73. The Morgan fingerprint density at radius 2 is 1.93 bits per heavy atom. The topological polar surface area (TPSA) is 27.6 Å². The van der Waals surface area contributed by atoms with Crippen molar-refractivity contribution >= 4 is 22.6 Å². The molecule has 2 rings (SSSR count). The van der Waals surface area contributed by atoms with Crippen LogP contribution in [-0.4, -0.2) is 22.1 Å². The molecule has 0 bridgehead atoms. The second kappa shape index (κ2) is 3.87. The summed E-state index contributed by atoms with van der Waals surface area (Å²) in [6, 6.07) is 9.98. The molecule has 1 heterocycles. The lowest BCUT2D eigenvalue weighted by Gasteiger charge is -2.23. The van der Waals surface area contributed by atoms with Gasteiger partial charge in [-0.15, -0.1) is 0 Å². The standard InChI is InChI=1S/C11H15N3S/c1-11(2)14(3)13-10(15-11)12-9-7-5-4-6-8-9/h4-8H,1-3H3,(H,12,13). The van der Waals surface area contributed by atoms with Gasteiger partial charge in [0, 0.05) is 7.05 Å². The summed E-state index contributed by atoms with van der Waals surface area (Å²) < 4.78 is 0. The third-order valence-corrected chi connectivity index (χ3v) is 3.55. The smallest absolute Gasteiger partial charge is 0.178 e. The number of hydrogen-bond donors (Lipinski definition) is 1. The summed E-state index contributed by atoms with van der Waals surface area (Å²) in [7, 11) is 2.03. The Morgan fingerprint density at radius 1 is 1.27 bits per heavy atom. The molecule has 1 aliphatic rings. The third kappa shape index (κ3) is 2.33. The normalized spacial score (nSPS) is 23.0. The van der Waals surface area contributed by atoms with Gasteiger partial charge in [-0.1, -0.05) is 30.0 Å². The van der Waals surface area contributed by atoms with Gasteiger partial charge in [0.2, 0.25) is 0 Å². The molecule has 0 saturated carbocycles. The summed E-state index contributed by atoms with van der Waals surface area (Å²) in [5.74, 6) is 0. The predicted octanol–water partition coefficient (Wildman–Crippen LogP) is 2.59. The highest BCUT2D eigenvalue weighted by molar-refractivity contribution is 8.15. The van der Waals surface area contributed by atoms with Crippen LogP contribution in [-0.2, 0) is 0 Å². The zero-order chi connectivity index (χ0) is 10.9. The van der Waals surface area contributed by atoms with E-state index in [2.05, 4.69) is 29.3 Å². The summed E-state index contributed by atoms with van der Waals surface area (Å²) >= 11 is 1.74. The maximum atomic E-state index is 4.53. The van der Waals surface area contributed by atoms with E-state index in [0.29, 0.717) is 0 Å². The van der Waals surface area contributed by atoms with E-state index in [1.807, 2.05) is 37.4 Å². The van der Waals surface area contributed by atoms with E-state index in [0.717, 1.165) is 10.9 Å². The minimum Gasteiger partial charge on any atom is -0.296 e. The summed E-state index contributed by atoms with van der Waals surface area (Å²) in [5, 5.41) is 3.02. The summed E-state index contributed by atoms with van der Waals surface area (Å²) in [6.45, 7) is 4.33. The number of hydrazine groups is 1. The van der Waals surface area contributed by atoms with Gasteiger partial charge in [0.05, 0.1) is 10.6 Å². The molecule has 0 amide bonds. The Hall–Kier alpha value is -1.00. The Labute approximate surface area is 94.5 Å². The maximum absolute atomic E-state index is 4.53. The lowest BCUT2D eigenvalue weighted by molar-refractivity contribution is 0.221. The number of nitrogens with zero attached hydrogens (tertiary/aromatic N) is 2. The van der Waals surface area contributed by atoms with Crippen LogP contribution < -0.4 is 5.43 Å². The molecule has 0 aliphatic carbocycles. The summed E-state index contributed by atoms with van der Waals surface area (Å²) in [4.78, 5) is 4.59. The van der Waals surface area contributed by atoms with Gasteiger partial charge in [0.1, 0.15) is 0 Å². The van der Waals surface area contributed by atoms with Crippen molar-refractivity contribution in [1.82, 2.24) is 10.4 Å². The van der Waals surface area contributed by atoms with Gasteiger partial charge >= 0.3 is 0 Å². The van der Waals surface area contributed by atoms with Crippen molar-refractivity contribution in [2.45, 2.75) is 18.7 Å². The minimum absolute atomic E-state index is 0.0631. The molecule has 80 valence electrons. The van der Waals surface area contributed by atoms with Gasteiger partial charge in [-0.2, -0.15) is 0 Å².